The molecule has 6 aromatic rings. The van der Waals surface area contributed by atoms with Crippen LogP contribution in [0.2, 0.25) is 0 Å². The van der Waals surface area contributed by atoms with Crippen molar-refractivity contribution >= 4 is 50.2 Å². The highest BCUT2D eigenvalue weighted by Gasteiger charge is 2.33. The summed E-state index contributed by atoms with van der Waals surface area (Å²) in [5.74, 6) is 0.514. The second-order valence-corrected chi connectivity index (χ2v) is 16.2. The lowest BCUT2D eigenvalue weighted by molar-refractivity contribution is -0.146. The van der Waals surface area contributed by atoms with Crippen LogP contribution in [0.15, 0.2) is 90.0 Å². The SMILES string of the molecule is COc1ccc(-c2ccc(Cn3c(CC(C)(C)C(=O)O)c(SC(C)(C)C)c4cc(OCc5nc6ccccc6s5)ccc43)cc2)cn1. The summed E-state index contributed by atoms with van der Waals surface area (Å²) in [6.45, 7) is 11.1. The summed E-state index contributed by atoms with van der Waals surface area (Å²) in [6, 6.07) is 26.6. The zero-order valence-corrected chi connectivity index (χ0v) is 29.2. The number of carbonyl (C=O) groups is 1. The molecular formula is C38H39N3O4S2. The van der Waals surface area contributed by atoms with E-state index in [0.29, 0.717) is 25.5 Å². The summed E-state index contributed by atoms with van der Waals surface area (Å²) in [4.78, 5) is 22.6. The topological polar surface area (TPSA) is 86.5 Å². The summed E-state index contributed by atoms with van der Waals surface area (Å²) in [6.07, 6.45) is 2.19. The van der Waals surface area contributed by atoms with E-state index in [1.54, 1.807) is 44.1 Å². The number of para-hydroxylation sites is 1. The van der Waals surface area contributed by atoms with Gasteiger partial charge in [-0.15, -0.1) is 23.1 Å². The monoisotopic (exact) mass is 665 g/mol. The molecule has 6 rings (SSSR count). The molecular weight excluding hydrogens is 627 g/mol. The molecule has 0 aliphatic rings. The summed E-state index contributed by atoms with van der Waals surface area (Å²) < 4.78 is 14.8. The van der Waals surface area contributed by atoms with E-state index >= 15 is 0 Å². The fourth-order valence-electron chi connectivity index (χ4n) is 5.50. The van der Waals surface area contributed by atoms with Crippen molar-refractivity contribution in [2.75, 3.05) is 7.11 Å². The van der Waals surface area contributed by atoms with E-state index in [1.807, 2.05) is 42.6 Å². The molecule has 3 aromatic carbocycles. The average Bonchev–Trinajstić information content (AvgIpc) is 3.58. The summed E-state index contributed by atoms with van der Waals surface area (Å²) in [5.41, 5.74) is 5.26. The maximum Gasteiger partial charge on any atom is 0.309 e. The van der Waals surface area contributed by atoms with Gasteiger partial charge in [0, 0.05) is 57.0 Å². The maximum atomic E-state index is 12.4. The molecule has 0 aliphatic carbocycles. The molecule has 0 bridgehead atoms. The highest BCUT2D eigenvalue weighted by molar-refractivity contribution is 8.00. The number of hydrogen-bond acceptors (Lipinski definition) is 7. The number of aromatic nitrogens is 3. The van der Waals surface area contributed by atoms with Crippen LogP contribution in [0.1, 0.15) is 50.9 Å². The number of hydrogen-bond donors (Lipinski definition) is 1. The Morgan fingerprint density at radius 2 is 1.70 bits per heavy atom. The quantitative estimate of drug-likeness (QED) is 0.138. The number of fused-ring (bicyclic) bond motifs is 2. The van der Waals surface area contributed by atoms with E-state index in [0.717, 1.165) is 59.2 Å². The van der Waals surface area contributed by atoms with E-state index in [1.165, 1.54) is 0 Å². The highest BCUT2D eigenvalue weighted by atomic mass is 32.2. The third-order valence-corrected chi connectivity index (χ3v) is 10.2. The zero-order valence-electron chi connectivity index (χ0n) is 27.5. The lowest BCUT2D eigenvalue weighted by Crippen LogP contribution is -2.28. The first kappa shape index (κ1) is 32.6. The predicted octanol–water partition coefficient (Wildman–Crippen LogP) is 9.49. The Morgan fingerprint density at radius 1 is 0.957 bits per heavy atom. The summed E-state index contributed by atoms with van der Waals surface area (Å²) in [5, 5.41) is 12.2. The normalized spacial score (nSPS) is 12.1. The predicted molar refractivity (Wildman–Crippen MR) is 192 cm³/mol. The molecule has 3 aromatic heterocycles. The van der Waals surface area contributed by atoms with Gasteiger partial charge in [0.15, 0.2) is 0 Å². The van der Waals surface area contributed by atoms with Crippen LogP contribution in [-0.4, -0.2) is 37.5 Å². The number of carboxylic acid groups (broad SMARTS) is 1. The van der Waals surface area contributed by atoms with Gasteiger partial charge in [0.2, 0.25) is 5.88 Å². The molecule has 0 radical (unpaired) electrons. The number of thioether (sulfide) groups is 1. The van der Waals surface area contributed by atoms with Gasteiger partial charge < -0.3 is 19.1 Å². The Balaban J connectivity index is 1.39. The molecule has 0 fully saturated rings. The third-order valence-electron chi connectivity index (χ3n) is 7.96. The van der Waals surface area contributed by atoms with Crippen LogP contribution in [0, 0.1) is 5.41 Å². The van der Waals surface area contributed by atoms with Crippen molar-refractivity contribution in [1.82, 2.24) is 14.5 Å². The maximum absolute atomic E-state index is 12.4. The minimum Gasteiger partial charge on any atom is -0.486 e. The molecule has 3 heterocycles. The van der Waals surface area contributed by atoms with Crippen LogP contribution in [0.3, 0.4) is 0 Å². The number of thiazole rings is 1. The van der Waals surface area contributed by atoms with Crippen LogP contribution in [0.25, 0.3) is 32.2 Å². The highest BCUT2D eigenvalue weighted by Crippen LogP contribution is 2.44. The zero-order chi connectivity index (χ0) is 33.3. The molecule has 9 heteroatoms. The van der Waals surface area contributed by atoms with Crippen LogP contribution in [-0.2, 0) is 24.4 Å². The van der Waals surface area contributed by atoms with Gasteiger partial charge in [0.05, 0.1) is 22.7 Å². The Morgan fingerprint density at radius 3 is 2.36 bits per heavy atom. The molecule has 242 valence electrons. The molecule has 0 amide bonds. The lowest BCUT2D eigenvalue weighted by Gasteiger charge is -2.24. The van der Waals surface area contributed by atoms with Crippen molar-refractivity contribution in [2.24, 2.45) is 5.41 Å². The smallest absolute Gasteiger partial charge is 0.309 e. The Kier molecular flexibility index (Phi) is 9.05. The van der Waals surface area contributed by atoms with Gasteiger partial charge in [-0.2, -0.15) is 0 Å². The van der Waals surface area contributed by atoms with Crippen LogP contribution in [0.5, 0.6) is 11.6 Å². The Labute approximate surface area is 283 Å². The van der Waals surface area contributed by atoms with E-state index < -0.39 is 11.4 Å². The van der Waals surface area contributed by atoms with Crippen LogP contribution < -0.4 is 9.47 Å². The standard InChI is InChI=1S/C38H39N3O4S2/c1-37(2,3)47-35-28-19-27(45-23-34-40-29-9-7-8-10-32(29)46-34)16-17-30(28)41(31(35)20-38(4,5)36(42)43)22-24-11-13-25(14-12-24)26-15-18-33(44-6)39-21-26/h7-19,21H,20,22-23H2,1-6H3,(H,42,43). The van der Waals surface area contributed by atoms with E-state index in [9.17, 15) is 9.90 Å². The molecule has 47 heavy (non-hydrogen) atoms. The van der Waals surface area contributed by atoms with Crippen molar-refractivity contribution in [3.05, 3.63) is 101 Å². The largest absolute Gasteiger partial charge is 0.486 e. The molecule has 0 unspecified atom stereocenters. The van der Waals surface area contributed by atoms with Crippen LogP contribution >= 0.6 is 23.1 Å². The Hall–Kier alpha value is -4.34. The first-order chi connectivity index (χ1) is 22.4. The van der Waals surface area contributed by atoms with E-state index in [2.05, 4.69) is 72.8 Å². The Bertz CT molecular complexity index is 2010. The molecule has 0 saturated heterocycles. The third kappa shape index (κ3) is 7.31. The van der Waals surface area contributed by atoms with Gasteiger partial charge in [0.25, 0.3) is 0 Å². The van der Waals surface area contributed by atoms with Crippen molar-refractivity contribution < 1.29 is 19.4 Å². The van der Waals surface area contributed by atoms with Crippen molar-refractivity contribution in [3.8, 4) is 22.8 Å². The fourth-order valence-corrected chi connectivity index (χ4v) is 7.57. The number of benzene rings is 3. The number of methoxy groups -OCH3 is 1. The minimum atomic E-state index is -0.962. The number of aliphatic carboxylic acids is 1. The van der Waals surface area contributed by atoms with Gasteiger partial charge in [-0.05, 0) is 61.4 Å². The molecule has 0 aliphatic heterocycles. The second kappa shape index (κ2) is 13.0. The van der Waals surface area contributed by atoms with Gasteiger partial charge >= 0.3 is 5.97 Å². The van der Waals surface area contributed by atoms with Gasteiger partial charge in [0.1, 0.15) is 17.4 Å². The fraction of sp³-hybridized carbons (Fsp3) is 0.289. The first-order valence-corrected chi connectivity index (χ1v) is 17.2. The number of rotatable bonds is 11. The van der Waals surface area contributed by atoms with E-state index in [-0.39, 0.29) is 4.75 Å². The van der Waals surface area contributed by atoms with Crippen LogP contribution in [0.4, 0.5) is 0 Å². The van der Waals surface area contributed by atoms with Crippen molar-refractivity contribution in [1.29, 1.82) is 0 Å². The second-order valence-electron chi connectivity index (χ2n) is 13.3. The first-order valence-electron chi connectivity index (χ1n) is 15.5. The molecule has 0 atom stereocenters. The van der Waals surface area contributed by atoms with Gasteiger partial charge in [-0.25, -0.2) is 9.97 Å². The number of nitrogens with zero attached hydrogens (tertiary/aromatic N) is 3. The van der Waals surface area contributed by atoms with E-state index in [4.69, 9.17) is 14.5 Å². The number of carboxylic acids is 1. The number of pyridine rings is 1. The molecule has 0 saturated carbocycles. The summed E-state index contributed by atoms with van der Waals surface area (Å²) in [7, 11) is 1.61. The molecule has 7 nitrogen and oxygen atoms in total. The molecule has 0 spiro atoms. The van der Waals surface area contributed by atoms with Gasteiger partial charge in [-0.3, -0.25) is 4.79 Å². The number of ether oxygens (including phenoxy) is 2. The van der Waals surface area contributed by atoms with Crippen molar-refractivity contribution in [3.63, 3.8) is 0 Å². The van der Waals surface area contributed by atoms with Gasteiger partial charge in [-0.1, -0.05) is 57.2 Å². The summed E-state index contributed by atoms with van der Waals surface area (Å²) >= 11 is 3.41. The van der Waals surface area contributed by atoms with Crippen molar-refractivity contribution in [2.45, 2.75) is 63.8 Å². The lowest BCUT2D eigenvalue weighted by atomic mass is 9.88. The minimum absolute atomic E-state index is 0.104. The molecule has 1 N–H and O–H groups in total. The average molecular weight is 666 g/mol.